The SMILES string of the molecule is CCN(CC1CC1)C(C)(CN)CC(OC)OC. The Morgan fingerprint density at radius 1 is 1.35 bits per heavy atom. The Labute approximate surface area is 105 Å². The number of nitrogens with zero attached hydrogens (tertiary/aromatic N) is 1. The zero-order valence-electron chi connectivity index (χ0n) is 11.7. The summed E-state index contributed by atoms with van der Waals surface area (Å²) in [7, 11) is 3.37. The third kappa shape index (κ3) is 4.21. The fourth-order valence-electron chi connectivity index (χ4n) is 2.31. The molecule has 1 atom stereocenters. The molecule has 0 bridgehead atoms. The van der Waals surface area contributed by atoms with Crippen LogP contribution in [0.1, 0.15) is 33.1 Å². The smallest absolute Gasteiger partial charge is 0.158 e. The molecule has 0 amide bonds. The highest BCUT2D eigenvalue weighted by Crippen LogP contribution is 2.33. The van der Waals surface area contributed by atoms with Crippen LogP contribution in [0.4, 0.5) is 0 Å². The number of likely N-dealkylation sites (N-methyl/N-ethyl adjacent to an activating group) is 1. The first-order valence-corrected chi connectivity index (χ1v) is 6.60. The van der Waals surface area contributed by atoms with Crippen molar-refractivity contribution in [2.45, 2.75) is 44.9 Å². The molecule has 17 heavy (non-hydrogen) atoms. The second-order valence-corrected chi connectivity index (χ2v) is 5.29. The van der Waals surface area contributed by atoms with Gasteiger partial charge in [0.25, 0.3) is 0 Å². The highest BCUT2D eigenvalue weighted by molar-refractivity contribution is 4.91. The van der Waals surface area contributed by atoms with E-state index in [9.17, 15) is 0 Å². The average Bonchev–Trinajstić information content (AvgIpc) is 3.16. The second kappa shape index (κ2) is 6.69. The molecule has 0 saturated heterocycles. The van der Waals surface area contributed by atoms with E-state index in [2.05, 4.69) is 18.7 Å². The van der Waals surface area contributed by atoms with E-state index in [1.165, 1.54) is 12.8 Å². The quantitative estimate of drug-likeness (QED) is 0.624. The lowest BCUT2D eigenvalue weighted by Gasteiger charge is -2.41. The van der Waals surface area contributed by atoms with Gasteiger partial charge in [-0.1, -0.05) is 6.92 Å². The van der Waals surface area contributed by atoms with Gasteiger partial charge in [0.15, 0.2) is 6.29 Å². The minimum atomic E-state index is -0.170. The van der Waals surface area contributed by atoms with Gasteiger partial charge in [0.1, 0.15) is 0 Å². The van der Waals surface area contributed by atoms with Gasteiger partial charge in [0.2, 0.25) is 0 Å². The Bertz CT molecular complexity index is 217. The number of hydrogen-bond acceptors (Lipinski definition) is 4. The summed E-state index contributed by atoms with van der Waals surface area (Å²) < 4.78 is 10.6. The standard InChI is InChI=1S/C13H28N2O2/c1-5-15(9-11-6-7-11)13(2,10-14)8-12(16-3)17-4/h11-12H,5-10,14H2,1-4H3. The summed E-state index contributed by atoms with van der Waals surface area (Å²) in [5, 5.41) is 0. The maximum absolute atomic E-state index is 5.98. The lowest BCUT2D eigenvalue weighted by atomic mass is 9.94. The summed E-state index contributed by atoms with van der Waals surface area (Å²) in [6, 6.07) is 0. The van der Waals surface area contributed by atoms with Crippen molar-refractivity contribution < 1.29 is 9.47 Å². The summed E-state index contributed by atoms with van der Waals surface area (Å²) in [6.45, 7) is 7.24. The monoisotopic (exact) mass is 244 g/mol. The molecule has 2 N–H and O–H groups in total. The molecule has 102 valence electrons. The molecule has 1 rings (SSSR count). The van der Waals surface area contributed by atoms with Crippen molar-refractivity contribution in [1.29, 1.82) is 0 Å². The van der Waals surface area contributed by atoms with E-state index in [1.54, 1.807) is 14.2 Å². The van der Waals surface area contributed by atoms with Crippen molar-refractivity contribution in [1.82, 2.24) is 4.90 Å². The van der Waals surface area contributed by atoms with E-state index >= 15 is 0 Å². The van der Waals surface area contributed by atoms with Crippen LogP contribution in [-0.2, 0) is 9.47 Å². The zero-order chi connectivity index (χ0) is 12.9. The van der Waals surface area contributed by atoms with Crippen molar-refractivity contribution in [3.63, 3.8) is 0 Å². The molecule has 1 saturated carbocycles. The first-order chi connectivity index (χ1) is 8.09. The molecule has 4 nitrogen and oxygen atoms in total. The first-order valence-electron chi connectivity index (χ1n) is 6.60. The van der Waals surface area contributed by atoms with E-state index in [1.807, 2.05) is 0 Å². The molecule has 1 fully saturated rings. The second-order valence-electron chi connectivity index (χ2n) is 5.29. The Kier molecular flexibility index (Phi) is 5.86. The molecule has 0 spiro atoms. The van der Waals surface area contributed by atoms with Crippen molar-refractivity contribution in [3.05, 3.63) is 0 Å². The summed E-state index contributed by atoms with van der Waals surface area (Å²) >= 11 is 0. The van der Waals surface area contributed by atoms with Gasteiger partial charge in [-0.15, -0.1) is 0 Å². The van der Waals surface area contributed by atoms with E-state index < -0.39 is 0 Å². The van der Waals surface area contributed by atoms with E-state index in [-0.39, 0.29) is 11.8 Å². The van der Waals surface area contributed by atoms with Gasteiger partial charge in [-0.05, 0) is 32.2 Å². The van der Waals surface area contributed by atoms with Crippen LogP contribution in [0.5, 0.6) is 0 Å². The predicted molar refractivity (Wildman–Crippen MR) is 69.9 cm³/mol. The van der Waals surface area contributed by atoms with Gasteiger partial charge < -0.3 is 15.2 Å². The van der Waals surface area contributed by atoms with Crippen LogP contribution >= 0.6 is 0 Å². The predicted octanol–water partition coefficient (Wildman–Crippen LogP) is 1.44. The van der Waals surface area contributed by atoms with E-state index in [4.69, 9.17) is 15.2 Å². The molecule has 0 heterocycles. The fraction of sp³-hybridized carbons (Fsp3) is 1.00. The van der Waals surface area contributed by atoms with Gasteiger partial charge >= 0.3 is 0 Å². The summed E-state index contributed by atoms with van der Waals surface area (Å²) in [6.07, 6.45) is 3.39. The first kappa shape index (κ1) is 14.9. The lowest BCUT2D eigenvalue weighted by Crippen LogP contribution is -2.54. The maximum atomic E-state index is 5.98. The van der Waals surface area contributed by atoms with Crippen LogP contribution in [-0.4, -0.2) is 50.6 Å². The largest absolute Gasteiger partial charge is 0.356 e. The van der Waals surface area contributed by atoms with Crippen molar-refractivity contribution in [2.75, 3.05) is 33.9 Å². The lowest BCUT2D eigenvalue weighted by molar-refractivity contribution is -0.128. The van der Waals surface area contributed by atoms with Crippen molar-refractivity contribution in [2.24, 2.45) is 11.7 Å². The average molecular weight is 244 g/mol. The molecule has 0 aliphatic heterocycles. The Morgan fingerprint density at radius 2 is 1.94 bits per heavy atom. The molecular formula is C13H28N2O2. The number of hydrogen-bond donors (Lipinski definition) is 1. The van der Waals surface area contributed by atoms with Crippen LogP contribution in [0.25, 0.3) is 0 Å². The molecule has 0 aromatic rings. The number of methoxy groups -OCH3 is 2. The van der Waals surface area contributed by atoms with Crippen LogP contribution in [0.15, 0.2) is 0 Å². The summed E-state index contributed by atoms with van der Waals surface area (Å²) in [5.41, 5.74) is 5.95. The maximum Gasteiger partial charge on any atom is 0.158 e. The highest BCUT2D eigenvalue weighted by Gasteiger charge is 2.36. The Morgan fingerprint density at radius 3 is 2.29 bits per heavy atom. The molecule has 1 aliphatic carbocycles. The van der Waals surface area contributed by atoms with Crippen LogP contribution < -0.4 is 5.73 Å². The molecule has 1 aliphatic rings. The number of nitrogens with two attached hydrogens (primary N) is 1. The van der Waals surface area contributed by atoms with E-state index in [0.717, 1.165) is 25.4 Å². The number of rotatable bonds is 9. The van der Waals surface area contributed by atoms with Crippen molar-refractivity contribution >= 4 is 0 Å². The number of ether oxygens (including phenoxy) is 2. The van der Waals surface area contributed by atoms with E-state index in [0.29, 0.717) is 6.54 Å². The third-order valence-electron chi connectivity index (χ3n) is 3.89. The van der Waals surface area contributed by atoms with Crippen LogP contribution in [0.2, 0.25) is 0 Å². The molecule has 0 aromatic heterocycles. The van der Waals surface area contributed by atoms with Crippen LogP contribution in [0.3, 0.4) is 0 Å². The van der Waals surface area contributed by atoms with Gasteiger partial charge in [0.05, 0.1) is 0 Å². The summed E-state index contributed by atoms with van der Waals surface area (Å²) in [5.74, 6) is 0.879. The topological polar surface area (TPSA) is 47.7 Å². The summed E-state index contributed by atoms with van der Waals surface area (Å²) in [4.78, 5) is 2.48. The van der Waals surface area contributed by atoms with Crippen molar-refractivity contribution in [3.8, 4) is 0 Å². The molecule has 0 aromatic carbocycles. The Hall–Kier alpha value is -0.160. The molecule has 1 unspecified atom stereocenters. The molecular weight excluding hydrogens is 216 g/mol. The van der Waals surface area contributed by atoms with Gasteiger partial charge in [-0.2, -0.15) is 0 Å². The zero-order valence-corrected chi connectivity index (χ0v) is 11.7. The fourth-order valence-corrected chi connectivity index (χ4v) is 2.31. The Balaban J connectivity index is 2.61. The normalized spacial score (nSPS) is 19.9. The molecule has 4 heteroatoms. The molecule has 0 radical (unpaired) electrons. The minimum absolute atomic E-state index is 0.0337. The van der Waals surface area contributed by atoms with Gasteiger partial charge in [-0.25, -0.2) is 0 Å². The van der Waals surface area contributed by atoms with Gasteiger partial charge in [-0.3, -0.25) is 4.90 Å². The minimum Gasteiger partial charge on any atom is -0.356 e. The van der Waals surface area contributed by atoms with Gasteiger partial charge in [0, 0.05) is 39.3 Å². The highest BCUT2D eigenvalue weighted by atomic mass is 16.7. The third-order valence-corrected chi connectivity index (χ3v) is 3.89. The van der Waals surface area contributed by atoms with Crippen LogP contribution in [0, 0.1) is 5.92 Å².